The van der Waals surface area contributed by atoms with E-state index in [4.69, 9.17) is 0 Å². The van der Waals surface area contributed by atoms with Gasteiger partial charge in [0, 0.05) is 13.1 Å². The van der Waals surface area contributed by atoms with Crippen LogP contribution in [0.1, 0.15) is 45.4 Å². The predicted molar refractivity (Wildman–Crippen MR) is 96.4 cm³/mol. The van der Waals surface area contributed by atoms with Gasteiger partial charge in [0.15, 0.2) is 0 Å². The summed E-state index contributed by atoms with van der Waals surface area (Å²) >= 11 is 5.29. The van der Waals surface area contributed by atoms with Crippen LogP contribution >= 0.6 is 27.7 Å². The molecule has 1 aromatic rings. The molecular formula is C15H26BrN3OS. The fourth-order valence-electron chi connectivity index (χ4n) is 2.00. The highest BCUT2D eigenvalue weighted by Gasteiger charge is 2.07. The molecule has 0 unspecified atom stereocenters. The van der Waals surface area contributed by atoms with Crippen molar-refractivity contribution < 1.29 is 0 Å². The zero-order valence-electron chi connectivity index (χ0n) is 13.0. The lowest BCUT2D eigenvalue weighted by Gasteiger charge is -2.10. The number of hydrogen-bond acceptors (Lipinski definition) is 4. The van der Waals surface area contributed by atoms with Crippen molar-refractivity contribution in [2.75, 3.05) is 23.9 Å². The van der Waals surface area contributed by atoms with Crippen molar-refractivity contribution in [2.24, 2.45) is 0 Å². The molecule has 4 nitrogen and oxygen atoms in total. The molecule has 0 fully saturated rings. The summed E-state index contributed by atoms with van der Waals surface area (Å²) in [4.78, 5) is 12.1. The summed E-state index contributed by atoms with van der Waals surface area (Å²) in [7, 11) is 0. The molecule has 1 heterocycles. The van der Waals surface area contributed by atoms with Gasteiger partial charge in [-0.3, -0.25) is 4.79 Å². The lowest BCUT2D eigenvalue weighted by atomic mass is 10.2. The molecule has 0 saturated carbocycles. The van der Waals surface area contributed by atoms with Gasteiger partial charge in [0.05, 0.1) is 11.9 Å². The standard InChI is InChI=1S/C15H26BrN3OS/c1-3-4-10-19-15(20)14(16)13(12-18-19)17-9-7-5-6-8-11-21-2/h12,17H,3-11H2,1-2H3. The first-order chi connectivity index (χ1) is 10.2. The first-order valence-corrected chi connectivity index (χ1v) is 9.87. The Hall–Kier alpha value is -0.490. The number of hydrogen-bond donors (Lipinski definition) is 1. The van der Waals surface area contributed by atoms with Crippen molar-refractivity contribution >= 4 is 33.4 Å². The minimum Gasteiger partial charge on any atom is -0.383 e. The number of anilines is 1. The number of unbranched alkanes of at least 4 members (excludes halogenated alkanes) is 4. The largest absolute Gasteiger partial charge is 0.383 e. The van der Waals surface area contributed by atoms with E-state index in [1.165, 1.54) is 29.7 Å². The third-order valence-corrected chi connectivity index (χ3v) is 4.76. The van der Waals surface area contributed by atoms with Crippen LogP contribution in [0.5, 0.6) is 0 Å². The van der Waals surface area contributed by atoms with Gasteiger partial charge < -0.3 is 5.32 Å². The van der Waals surface area contributed by atoms with Gasteiger partial charge in [0.2, 0.25) is 0 Å². The average Bonchev–Trinajstić information content (AvgIpc) is 2.49. The number of aromatic nitrogens is 2. The summed E-state index contributed by atoms with van der Waals surface area (Å²) in [6.07, 6.45) is 10.8. The highest BCUT2D eigenvalue weighted by molar-refractivity contribution is 9.10. The smallest absolute Gasteiger partial charge is 0.283 e. The Morgan fingerprint density at radius 3 is 2.76 bits per heavy atom. The topological polar surface area (TPSA) is 46.9 Å². The molecule has 0 aliphatic carbocycles. The first kappa shape index (κ1) is 18.6. The maximum Gasteiger partial charge on any atom is 0.283 e. The van der Waals surface area contributed by atoms with Crippen LogP contribution < -0.4 is 10.9 Å². The predicted octanol–water partition coefficient (Wildman–Crippen LogP) is 4.14. The summed E-state index contributed by atoms with van der Waals surface area (Å²) in [5.41, 5.74) is 0.755. The fraction of sp³-hybridized carbons (Fsp3) is 0.733. The van der Waals surface area contributed by atoms with E-state index in [9.17, 15) is 4.79 Å². The van der Waals surface area contributed by atoms with Gasteiger partial charge in [-0.1, -0.05) is 26.2 Å². The van der Waals surface area contributed by atoms with Crippen LogP contribution in [0, 0.1) is 0 Å². The Morgan fingerprint density at radius 1 is 1.29 bits per heavy atom. The zero-order chi connectivity index (χ0) is 15.5. The van der Waals surface area contributed by atoms with Crippen LogP contribution in [0.25, 0.3) is 0 Å². The molecule has 0 saturated heterocycles. The average molecular weight is 376 g/mol. The number of thioether (sulfide) groups is 1. The molecule has 0 aliphatic rings. The van der Waals surface area contributed by atoms with E-state index in [1.54, 1.807) is 6.20 Å². The maximum absolute atomic E-state index is 12.1. The Bertz CT molecular complexity index is 465. The lowest BCUT2D eigenvalue weighted by Crippen LogP contribution is -2.24. The number of nitrogens with zero attached hydrogens (tertiary/aromatic N) is 2. The quantitative estimate of drug-likeness (QED) is 0.590. The highest BCUT2D eigenvalue weighted by Crippen LogP contribution is 2.16. The first-order valence-electron chi connectivity index (χ1n) is 7.69. The van der Waals surface area contributed by atoms with Crippen molar-refractivity contribution in [1.29, 1.82) is 0 Å². The van der Waals surface area contributed by atoms with Gasteiger partial charge in [-0.25, -0.2) is 4.68 Å². The van der Waals surface area contributed by atoms with Gasteiger partial charge in [0.25, 0.3) is 5.56 Å². The Labute approximate surface area is 140 Å². The van der Waals surface area contributed by atoms with Gasteiger partial charge in [-0.05, 0) is 47.2 Å². The summed E-state index contributed by atoms with van der Waals surface area (Å²) in [5.74, 6) is 1.25. The van der Waals surface area contributed by atoms with Crippen LogP contribution in [0.2, 0.25) is 0 Å². The molecule has 21 heavy (non-hydrogen) atoms. The lowest BCUT2D eigenvalue weighted by molar-refractivity contribution is 0.541. The Balaban J connectivity index is 2.38. The van der Waals surface area contributed by atoms with E-state index in [2.05, 4.69) is 39.5 Å². The summed E-state index contributed by atoms with van der Waals surface area (Å²) < 4.78 is 2.12. The number of rotatable bonds is 11. The molecule has 0 atom stereocenters. The molecule has 6 heteroatoms. The Morgan fingerprint density at radius 2 is 2.05 bits per heavy atom. The van der Waals surface area contributed by atoms with Gasteiger partial charge >= 0.3 is 0 Å². The SMILES string of the molecule is CCCCn1ncc(NCCCCCCSC)c(Br)c1=O. The van der Waals surface area contributed by atoms with Crippen molar-refractivity contribution in [2.45, 2.75) is 52.0 Å². The van der Waals surface area contributed by atoms with Gasteiger partial charge in [0.1, 0.15) is 4.47 Å². The number of aryl methyl sites for hydroxylation is 1. The van der Waals surface area contributed by atoms with Crippen LogP contribution in [-0.2, 0) is 6.54 Å². The molecule has 0 aliphatic heterocycles. The molecule has 0 radical (unpaired) electrons. The minimum atomic E-state index is -0.0478. The van der Waals surface area contributed by atoms with Crippen molar-refractivity contribution in [3.63, 3.8) is 0 Å². The summed E-state index contributed by atoms with van der Waals surface area (Å²) in [6, 6.07) is 0. The summed E-state index contributed by atoms with van der Waals surface area (Å²) in [6.45, 7) is 3.68. The molecular weight excluding hydrogens is 350 g/mol. The van der Waals surface area contributed by atoms with Crippen LogP contribution in [0.4, 0.5) is 5.69 Å². The van der Waals surface area contributed by atoms with Gasteiger partial charge in [-0.2, -0.15) is 16.9 Å². The second-order valence-electron chi connectivity index (χ2n) is 5.09. The van der Waals surface area contributed by atoms with Crippen molar-refractivity contribution in [3.8, 4) is 0 Å². The molecule has 0 spiro atoms. The molecule has 0 amide bonds. The molecule has 1 N–H and O–H groups in total. The summed E-state index contributed by atoms with van der Waals surface area (Å²) in [5, 5.41) is 7.52. The third kappa shape index (κ3) is 6.87. The van der Waals surface area contributed by atoms with Crippen LogP contribution in [0.3, 0.4) is 0 Å². The van der Waals surface area contributed by atoms with E-state index in [0.717, 1.165) is 31.5 Å². The highest BCUT2D eigenvalue weighted by atomic mass is 79.9. The second kappa shape index (κ2) is 11.1. The molecule has 0 bridgehead atoms. The molecule has 0 aromatic carbocycles. The molecule has 1 aromatic heterocycles. The van der Waals surface area contributed by atoms with E-state index in [-0.39, 0.29) is 5.56 Å². The Kier molecular flexibility index (Phi) is 9.83. The van der Waals surface area contributed by atoms with E-state index in [1.807, 2.05) is 11.8 Å². The molecule has 120 valence electrons. The fourth-order valence-corrected chi connectivity index (χ4v) is 2.94. The van der Waals surface area contributed by atoms with Crippen LogP contribution in [0.15, 0.2) is 15.5 Å². The second-order valence-corrected chi connectivity index (χ2v) is 6.87. The van der Waals surface area contributed by atoms with E-state index in [0.29, 0.717) is 11.0 Å². The third-order valence-electron chi connectivity index (χ3n) is 3.30. The van der Waals surface area contributed by atoms with Crippen LogP contribution in [-0.4, -0.2) is 28.3 Å². The van der Waals surface area contributed by atoms with E-state index < -0.39 is 0 Å². The van der Waals surface area contributed by atoms with Gasteiger partial charge in [-0.15, -0.1) is 0 Å². The van der Waals surface area contributed by atoms with E-state index >= 15 is 0 Å². The van der Waals surface area contributed by atoms with Crippen molar-refractivity contribution in [3.05, 3.63) is 21.0 Å². The molecule has 1 rings (SSSR count). The number of nitrogens with one attached hydrogen (secondary N) is 1. The maximum atomic E-state index is 12.1. The minimum absolute atomic E-state index is 0.0478. The number of halogens is 1. The monoisotopic (exact) mass is 375 g/mol. The normalized spacial score (nSPS) is 10.8. The zero-order valence-corrected chi connectivity index (χ0v) is 15.4. The van der Waals surface area contributed by atoms with Crippen molar-refractivity contribution in [1.82, 2.24) is 9.78 Å².